The summed E-state index contributed by atoms with van der Waals surface area (Å²) in [5.41, 5.74) is 0.749. The number of hydrogen-bond acceptors (Lipinski definition) is 3. The summed E-state index contributed by atoms with van der Waals surface area (Å²) < 4.78 is 0.511. The number of anilines is 1. The number of carboxylic acids is 1. The number of thiophene rings is 1. The van der Waals surface area contributed by atoms with Crippen molar-refractivity contribution in [2.75, 3.05) is 19.0 Å². The van der Waals surface area contributed by atoms with Crippen molar-refractivity contribution in [2.45, 2.75) is 0 Å². The average molecular weight is 206 g/mol. The smallest absolute Gasteiger partial charge is 0.345 e. The highest BCUT2D eigenvalue weighted by Gasteiger charge is 2.12. The van der Waals surface area contributed by atoms with Gasteiger partial charge < -0.3 is 10.0 Å². The lowest BCUT2D eigenvalue weighted by Crippen LogP contribution is -2.07. The summed E-state index contributed by atoms with van der Waals surface area (Å²) in [5.74, 6) is -0.935. The quantitative estimate of drug-likeness (QED) is 0.805. The van der Waals surface area contributed by atoms with Crippen LogP contribution in [0.2, 0.25) is 4.34 Å². The Balaban J connectivity index is 3.09. The molecule has 1 heterocycles. The molecule has 3 nitrogen and oxygen atoms in total. The Hall–Kier alpha value is -0.740. The number of nitrogens with zero attached hydrogens (tertiary/aromatic N) is 1. The van der Waals surface area contributed by atoms with Gasteiger partial charge in [-0.1, -0.05) is 11.6 Å². The summed E-state index contributed by atoms with van der Waals surface area (Å²) in [6.45, 7) is 0. The molecule has 0 bridgehead atoms. The largest absolute Gasteiger partial charge is 0.477 e. The lowest BCUT2D eigenvalue weighted by atomic mass is 10.4. The number of halogens is 1. The van der Waals surface area contributed by atoms with Gasteiger partial charge in [0.1, 0.15) is 9.21 Å². The van der Waals surface area contributed by atoms with Gasteiger partial charge in [-0.25, -0.2) is 4.79 Å². The van der Waals surface area contributed by atoms with E-state index in [1.54, 1.807) is 11.0 Å². The van der Waals surface area contributed by atoms with Crippen molar-refractivity contribution >= 4 is 34.6 Å². The van der Waals surface area contributed by atoms with E-state index >= 15 is 0 Å². The first-order valence-electron chi connectivity index (χ1n) is 3.22. The number of hydrogen-bond donors (Lipinski definition) is 1. The third kappa shape index (κ3) is 1.70. The number of aromatic carboxylic acids is 1. The maximum atomic E-state index is 10.5. The molecule has 0 saturated carbocycles. The SMILES string of the molecule is CN(C)c1cc(C(=O)O)sc1Cl. The minimum Gasteiger partial charge on any atom is -0.477 e. The molecule has 0 aliphatic rings. The molecule has 0 atom stereocenters. The lowest BCUT2D eigenvalue weighted by Gasteiger charge is -2.08. The van der Waals surface area contributed by atoms with Crippen molar-refractivity contribution in [1.29, 1.82) is 0 Å². The van der Waals surface area contributed by atoms with Crippen LogP contribution < -0.4 is 4.90 Å². The van der Waals surface area contributed by atoms with Gasteiger partial charge in [-0.2, -0.15) is 0 Å². The minimum atomic E-state index is -0.935. The summed E-state index contributed by atoms with van der Waals surface area (Å²) in [7, 11) is 3.64. The molecule has 0 radical (unpaired) electrons. The van der Waals surface area contributed by atoms with E-state index < -0.39 is 5.97 Å². The number of rotatable bonds is 2. The molecule has 1 N–H and O–H groups in total. The number of carbonyl (C=O) groups is 1. The van der Waals surface area contributed by atoms with E-state index in [1.165, 1.54) is 0 Å². The average Bonchev–Trinajstić information content (AvgIpc) is 2.30. The van der Waals surface area contributed by atoms with Gasteiger partial charge >= 0.3 is 5.97 Å². The third-order valence-electron chi connectivity index (χ3n) is 1.36. The Bertz CT molecular complexity index is 308. The van der Waals surface area contributed by atoms with E-state index in [2.05, 4.69) is 0 Å². The van der Waals surface area contributed by atoms with Crippen molar-refractivity contribution < 1.29 is 9.90 Å². The number of carboxylic acid groups (broad SMARTS) is 1. The Morgan fingerprint density at radius 3 is 2.50 bits per heavy atom. The highest BCUT2D eigenvalue weighted by molar-refractivity contribution is 7.18. The Kier molecular flexibility index (Phi) is 2.59. The van der Waals surface area contributed by atoms with Gasteiger partial charge in [-0.3, -0.25) is 0 Å². The summed E-state index contributed by atoms with van der Waals surface area (Å²) in [6, 6.07) is 1.56. The van der Waals surface area contributed by atoms with E-state index in [0.717, 1.165) is 17.0 Å². The van der Waals surface area contributed by atoms with E-state index in [9.17, 15) is 4.79 Å². The highest BCUT2D eigenvalue weighted by atomic mass is 35.5. The molecule has 0 unspecified atom stereocenters. The van der Waals surface area contributed by atoms with Crippen molar-refractivity contribution in [3.8, 4) is 0 Å². The fourth-order valence-corrected chi connectivity index (χ4v) is 2.04. The van der Waals surface area contributed by atoms with Crippen LogP contribution in [0.5, 0.6) is 0 Å². The van der Waals surface area contributed by atoms with E-state index in [0.29, 0.717) is 4.34 Å². The molecular weight excluding hydrogens is 198 g/mol. The van der Waals surface area contributed by atoms with Crippen LogP contribution in [0.15, 0.2) is 6.07 Å². The second kappa shape index (κ2) is 3.33. The molecule has 0 fully saturated rings. The van der Waals surface area contributed by atoms with Gasteiger partial charge in [0, 0.05) is 14.1 Å². The van der Waals surface area contributed by atoms with Gasteiger partial charge in [0.15, 0.2) is 0 Å². The molecule has 0 aromatic carbocycles. The van der Waals surface area contributed by atoms with Gasteiger partial charge in [0.05, 0.1) is 5.69 Å². The van der Waals surface area contributed by atoms with Gasteiger partial charge in [-0.05, 0) is 6.07 Å². The molecule has 0 amide bonds. The first-order valence-corrected chi connectivity index (χ1v) is 4.41. The maximum Gasteiger partial charge on any atom is 0.345 e. The minimum absolute atomic E-state index is 0.267. The molecule has 0 saturated heterocycles. The Labute approximate surface area is 79.2 Å². The van der Waals surface area contributed by atoms with Crippen LogP contribution in [0.3, 0.4) is 0 Å². The van der Waals surface area contributed by atoms with Crippen molar-refractivity contribution in [2.24, 2.45) is 0 Å². The molecular formula is C7H8ClNO2S. The van der Waals surface area contributed by atoms with E-state index in [-0.39, 0.29) is 4.88 Å². The topological polar surface area (TPSA) is 40.5 Å². The summed E-state index contributed by atoms with van der Waals surface area (Å²) in [4.78, 5) is 12.6. The molecule has 1 rings (SSSR count). The first kappa shape index (κ1) is 9.35. The van der Waals surface area contributed by atoms with Crippen LogP contribution in [0.25, 0.3) is 0 Å². The third-order valence-corrected chi connectivity index (χ3v) is 2.69. The highest BCUT2D eigenvalue weighted by Crippen LogP contribution is 2.33. The molecule has 0 spiro atoms. The molecule has 0 aliphatic carbocycles. The zero-order valence-corrected chi connectivity index (χ0v) is 8.24. The molecule has 5 heteroatoms. The summed E-state index contributed by atoms with van der Waals surface area (Å²) >= 11 is 6.87. The van der Waals surface area contributed by atoms with Crippen molar-refractivity contribution in [3.63, 3.8) is 0 Å². The molecule has 1 aromatic rings. The fourth-order valence-electron chi connectivity index (χ4n) is 0.769. The molecule has 1 aromatic heterocycles. The normalized spacial score (nSPS) is 9.92. The van der Waals surface area contributed by atoms with Crippen molar-refractivity contribution in [3.05, 3.63) is 15.3 Å². The lowest BCUT2D eigenvalue weighted by molar-refractivity contribution is 0.0702. The van der Waals surface area contributed by atoms with Gasteiger partial charge in [0.2, 0.25) is 0 Å². The first-order chi connectivity index (χ1) is 5.52. The Morgan fingerprint density at radius 1 is 1.67 bits per heavy atom. The van der Waals surface area contributed by atoms with Crippen LogP contribution in [-0.2, 0) is 0 Å². The fraction of sp³-hybridized carbons (Fsp3) is 0.286. The van der Waals surface area contributed by atoms with Crippen LogP contribution in [0, 0.1) is 0 Å². The van der Waals surface area contributed by atoms with Crippen LogP contribution in [0.4, 0.5) is 5.69 Å². The van der Waals surface area contributed by atoms with Gasteiger partial charge in [-0.15, -0.1) is 11.3 Å². The van der Waals surface area contributed by atoms with Crippen LogP contribution in [-0.4, -0.2) is 25.2 Å². The maximum absolute atomic E-state index is 10.5. The molecule has 66 valence electrons. The van der Waals surface area contributed by atoms with E-state index in [4.69, 9.17) is 16.7 Å². The predicted octanol–water partition coefficient (Wildman–Crippen LogP) is 2.17. The predicted molar refractivity (Wildman–Crippen MR) is 50.6 cm³/mol. The summed E-state index contributed by atoms with van der Waals surface area (Å²) in [6.07, 6.45) is 0. The monoisotopic (exact) mass is 205 g/mol. The molecule has 0 aliphatic heterocycles. The standard InChI is InChI=1S/C7H8ClNO2S/c1-9(2)4-3-5(7(10)11)12-6(4)8/h3H,1-2H3,(H,10,11). The van der Waals surface area contributed by atoms with Crippen LogP contribution in [0.1, 0.15) is 9.67 Å². The van der Waals surface area contributed by atoms with Gasteiger partial charge in [0.25, 0.3) is 0 Å². The molecule has 12 heavy (non-hydrogen) atoms. The second-order valence-corrected chi connectivity index (χ2v) is 4.12. The van der Waals surface area contributed by atoms with Crippen LogP contribution >= 0.6 is 22.9 Å². The van der Waals surface area contributed by atoms with Crippen molar-refractivity contribution in [1.82, 2.24) is 0 Å². The zero-order valence-electron chi connectivity index (χ0n) is 6.67. The zero-order chi connectivity index (χ0) is 9.30. The van der Waals surface area contributed by atoms with E-state index in [1.807, 2.05) is 14.1 Å². The Morgan fingerprint density at radius 2 is 2.25 bits per heavy atom. The summed E-state index contributed by atoms with van der Waals surface area (Å²) in [5, 5.41) is 8.64. The second-order valence-electron chi connectivity index (χ2n) is 2.47.